The van der Waals surface area contributed by atoms with Crippen LogP contribution in [0.4, 0.5) is 4.79 Å². The minimum absolute atomic E-state index is 0.256. The van der Waals surface area contributed by atoms with E-state index in [1.807, 2.05) is 0 Å². The third-order valence-corrected chi connectivity index (χ3v) is 5.82. The van der Waals surface area contributed by atoms with Gasteiger partial charge in [-0.2, -0.15) is 4.79 Å². The smallest absolute Gasteiger partial charge is 0.416 e. The number of hydrogen-bond acceptors (Lipinski definition) is 3. The molecule has 1 amide bonds. The number of quaternary nitrogens is 1. The number of rotatable bonds is 5. The lowest BCUT2D eigenvalue weighted by Gasteiger charge is -2.30. The van der Waals surface area contributed by atoms with Crippen molar-refractivity contribution < 1.29 is 14.8 Å². The highest BCUT2D eigenvalue weighted by Gasteiger charge is 2.22. The Kier molecular flexibility index (Phi) is 6.57. The first-order valence-corrected chi connectivity index (χ1v) is 10.7. The summed E-state index contributed by atoms with van der Waals surface area (Å²) < 4.78 is 5.01. The van der Waals surface area contributed by atoms with Gasteiger partial charge in [0, 0.05) is 19.6 Å². The van der Waals surface area contributed by atoms with Gasteiger partial charge in [-0.25, -0.2) is 5.32 Å². The van der Waals surface area contributed by atoms with E-state index in [0.717, 1.165) is 39.0 Å². The lowest BCUT2D eigenvalue weighted by molar-refractivity contribution is -0.570. The molecule has 0 spiro atoms. The summed E-state index contributed by atoms with van der Waals surface area (Å²) in [6.45, 7) is 7.48. The van der Waals surface area contributed by atoms with Crippen LogP contribution < -0.4 is 5.32 Å². The van der Waals surface area contributed by atoms with Crippen molar-refractivity contribution in [2.75, 3.05) is 32.8 Å². The van der Waals surface area contributed by atoms with Crippen LogP contribution in [-0.2, 0) is 4.74 Å². The number of hydrogen-bond donors (Lipinski definition) is 1. The fraction of sp³-hybridized carbons (Fsp3) is 0.269. The lowest BCUT2D eigenvalue weighted by atomic mass is 9.86. The third-order valence-electron chi connectivity index (χ3n) is 5.82. The van der Waals surface area contributed by atoms with E-state index in [1.54, 1.807) is 11.4 Å². The van der Waals surface area contributed by atoms with Crippen LogP contribution in [0.25, 0.3) is 17.7 Å². The molecule has 2 aromatic rings. The number of nitrogens with two attached hydrogens (primary N) is 1. The molecule has 1 aliphatic carbocycles. The predicted octanol–water partition coefficient (Wildman–Crippen LogP) is 3.95. The molecule has 2 N–H and O–H groups in total. The largest absolute Gasteiger partial charge is 0.513 e. The summed E-state index contributed by atoms with van der Waals surface area (Å²) >= 11 is 0. The lowest BCUT2D eigenvalue weighted by Crippen LogP contribution is -2.89. The molecule has 2 aliphatic rings. The summed E-state index contributed by atoms with van der Waals surface area (Å²) in [7, 11) is 0. The van der Waals surface area contributed by atoms with E-state index >= 15 is 0 Å². The topological polar surface area (TPSA) is 46.1 Å². The van der Waals surface area contributed by atoms with E-state index in [4.69, 9.17) is 4.74 Å². The van der Waals surface area contributed by atoms with Crippen molar-refractivity contribution in [3.63, 3.8) is 0 Å². The van der Waals surface area contributed by atoms with E-state index in [1.165, 1.54) is 33.4 Å². The van der Waals surface area contributed by atoms with Gasteiger partial charge >= 0.3 is 6.09 Å². The van der Waals surface area contributed by atoms with Gasteiger partial charge in [0.05, 0.1) is 6.54 Å². The molecule has 0 radical (unpaired) electrons. The molecule has 0 unspecified atom stereocenters. The van der Waals surface area contributed by atoms with E-state index in [-0.39, 0.29) is 12.7 Å². The first kappa shape index (κ1) is 20.3. The maximum Gasteiger partial charge on any atom is 0.513 e. The van der Waals surface area contributed by atoms with Gasteiger partial charge in [0.25, 0.3) is 0 Å². The van der Waals surface area contributed by atoms with Crippen molar-refractivity contribution in [3.8, 4) is 0 Å². The Morgan fingerprint density at radius 3 is 2.20 bits per heavy atom. The van der Waals surface area contributed by atoms with Crippen LogP contribution >= 0.6 is 0 Å². The quantitative estimate of drug-likeness (QED) is 0.659. The van der Waals surface area contributed by atoms with Crippen molar-refractivity contribution >= 4 is 23.8 Å². The number of likely N-dealkylation sites (tertiary alicyclic amines) is 1. The first-order valence-electron chi connectivity index (χ1n) is 10.7. The minimum atomic E-state index is -0.256. The van der Waals surface area contributed by atoms with E-state index in [2.05, 4.69) is 72.2 Å². The maximum atomic E-state index is 11.6. The average molecular weight is 402 g/mol. The Hall–Kier alpha value is -2.95. The van der Waals surface area contributed by atoms with Gasteiger partial charge in [0.15, 0.2) is 0 Å². The summed E-state index contributed by atoms with van der Waals surface area (Å²) in [6.07, 6.45) is 7.91. The zero-order valence-electron chi connectivity index (χ0n) is 17.3. The molecule has 1 aliphatic heterocycles. The second kappa shape index (κ2) is 9.70. The zero-order chi connectivity index (χ0) is 20.8. The minimum Gasteiger partial charge on any atom is -0.416 e. The number of carbonyl (C=O) groups is 1. The van der Waals surface area contributed by atoms with Crippen LogP contribution in [0, 0.1) is 0 Å². The molecule has 1 saturated heterocycles. The highest BCUT2D eigenvalue weighted by atomic mass is 16.5. The molecule has 0 aromatic heterocycles. The van der Waals surface area contributed by atoms with Gasteiger partial charge in [-0.15, -0.1) is 0 Å². The molecule has 0 atom stereocenters. The molecule has 1 heterocycles. The standard InChI is InChI=1S/C26H28N2O2/c1-2-19-30-26(29)27-15-18-28-16-13-22(14-17-28)25-23-9-5-3-7-20(23)11-12-21-8-4-6-10-24(21)25/h2-12H,1,13-19H2,(H,27,29)/p+1. The van der Waals surface area contributed by atoms with Crippen molar-refractivity contribution in [2.45, 2.75) is 12.8 Å². The molecule has 0 saturated carbocycles. The highest BCUT2D eigenvalue weighted by Crippen LogP contribution is 2.38. The van der Waals surface area contributed by atoms with E-state index in [9.17, 15) is 4.79 Å². The molecular formula is C26H29N2O2+. The summed E-state index contributed by atoms with van der Waals surface area (Å²) in [5.41, 5.74) is 8.17. The second-order valence-corrected chi connectivity index (χ2v) is 7.74. The van der Waals surface area contributed by atoms with Gasteiger partial charge in [0.2, 0.25) is 0 Å². The van der Waals surface area contributed by atoms with Crippen LogP contribution in [0.3, 0.4) is 0 Å². The molecule has 30 heavy (non-hydrogen) atoms. The monoisotopic (exact) mass is 401 g/mol. The maximum absolute atomic E-state index is 11.6. The third kappa shape index (κ3) is 4.61. The van der Waals surface area contributed by atoms with Gasteiger partial charge in [-0.3, -0.25) is 4.90 Å². The number of ether oxygens (including phenoxy) is 1. The van der Waals surface area contributed by atoms with Crippen molar-refractivity contribution in [3.05, 3.63) is 89.0 Å². The molecule has 4 nitrogen and oxygen atoms in total. The summed E-state index contributed by atoms with van der Waals surface area (Å²) in [4.78, 5) is 14.0. The highest BCUT2D eigenvalue weighted by molar-refractivity contribution is 5.94. The Morgan fingerprint density at radius 1 is 1.00 bits per heavy atom. The number of fused-ring (bicyclic) bond motifs is 2. The molecule has 1 fully saturated rings. The van der Waals surface area contributed by atoms with Crippen molar-refractivity contribution in [1.82, 2.24) is 4.90 Å². The zero-order valence-corrected chi connectivity index (χ0v) is 17.3. The molecule has 154 valence electrons. The molecule has 4 heteroatoms. The molecule has 2 aromatic carbocycles. The Morgan fingerprint density at radius 2 is 1.60 bits per heavy atom. The number of benzene rings is 2. The summed E-state index contributed by atoms with van der Waals surface area (Å²) in [5, 5.41) is 1.64. The van der Waals surface area contributed by atoms with Crippen LogP contribution in [0.1, 0.15) is 35.1 Å². The average Bonchev–Trinajstić information content (AvgIpc) is 2.95. The molecular weight excluding hydrogens is 372 g/mol. The van der Waals surface area contributed by atoms with Gasteiger partial charge in [-0.1, -0.05) is 78.9 Å². The number of nitrogens with zero attached hydrogens (tertiary/aromatic N) is 1. The Labute approximate surface area is 178 Å². The van der Waals surface area contributed by atoms with Gasteiger partial charge in [0.1, 0.15) is 6.61 Å². The summed E-state index contributed by atoms with van der Waals surface area (Å²) in [5.74, 6) is 0. The van der Waals surface area contributed by atoms with Crippen LogP contribution in [0.5, 0.6) is 0 Å². The fourth-order valence-electron chi connectivity index (χ4n) is 4.31. The van der Waals surface area contributed by atoms with Crippen LogP contribution in [0.15, 0.2) is 66.8 Å². The second-order valence-electron chi connectivity index (χ2n) is 7.74. The number of piperidine rings is 1. The Bertz CT molecular complexity index is 929. The van der Waals surface area contributed by atoms with Crippen molar-refractivity contribution in [2.24, 2.45) is 0 Å². The number of carbonyl (C=O) groups excluding carboxylic acids is 1. The van der Waals surface area contributed by atoms with Crippen LogP contribution in [-0.4, -0.2) is 43.8 Å². The predicted molar refractivity (Wildman–Crippen MR) is 122 cm³/mol. The normalized spacial score (nSPS) is 15.9. The van der Waals surface area contributed by atoms with E-state index in [0.29, 0.717) is 0 Å². The molecule has 0 bridgehead atoms. The van der Waals surface area contributed by atoms with Crippen LogP contribution in [0.2, 0.25) is 0 Å². The van der Waals surface area contributed by atoms with E-state index < -0.39 is 0 Å². The van der Waals surface area contributed by atoms with Gasteiger partial charge < -0.3 is 4.74 Å². The van der Waals surface area contributed by atoms with Gasteiger partial charge in [-0.05, 0) is 40.7 Å². The fourth-order valence-corrected chi connectivity index (χ4v) is 4.31. The first-order chi connectivity index (χ1) is 14.8. The molecule has 4 rings (SSSR count). The summed E-state index contributed by atoms with van der Waals surface area (Å²) in [6, 6.07) is 17.4. The number of amides is 1. The SMILES string of the molecule is C=CCOC(=O)[NH2+]CCN1CCC(=C2c3ccccc3C=Cc3ccccc32)CC1. The Balaban J connectivity index is 1.48. The number of primary amides is 1. The van der Waals surface area contributed by atoms with Crippen molar-refractivity contribution in [1.29, 1.82) is 0 Å².